The lowest BCUT2D eigenvalue weighted by atomic mass is 10.2. The fourth-order valence-corrected chi connectivity index (χ4v) is 3.95. The predicted molar refractivity (Wildman–Crippen MR) is 74.9 cm³/mol. The highest BCUT2D eigenvalue weighted by atomic mass is 32.2. The first-order chi connectivity index (χ1) is 8.24. The Balaban J connectivity index is 2.32. The number of nitrogens with zero attached hydrogens (tertiary/aromatic N) is 2. The van der Waals surface area contributed by atoms with Gasteiger partial charge >= 0.3 is 0 Å². The summed E-state index contributed by atoms with van der Waals surface area (Å²) in [7, 11) is 0. The van der Waals surface area contributed by atoms with Crippen LogP contribution in [0.5, 0.6) is 0 Å². The Morgan fingerprint density at radius 1 is 1.35 bits per heavy atom. The molecule has 0 unspecified atom stereocenters. The van der Waals surface area contributed by atoms with Crippen molar-refractivity contribution >= 4 is 35.1 Å². The first kappa shape index (κ1) is 12.9. The Bertz CT molecular complexity index is 510. The minimum atomic E-state index is 0.553. The van der Waals surface area contributed by atoms with E-state index in [-0.39, 0.29) is 0 Å². The van der Waals surface area contributed by atoms with E-state index in [1.165, 1.54) is 26.9 Å². The monoisotopic (exact) mass is 283 g/mol. The molecule has 0 spiro atoms. The maximum Gasteiger partial charge on any atom is 0.174 e. The minimum Gasteiger partial charge on any atom is -0.326 e. The molecule has 0 fully saturated rings. The van der Waals surface area contributed by atoms with Gasteiger partial charge in [0.15, 0.2) is 4.34 Å². The molecule has 0 saturated heterocycles. The maximum absolute atomic E-state index is 5.83. The Morgan fingerprint density at radius 3 is 2.71 bits per heavy atom. The van der Waals surface area contributed by atoms with Crippen LogP contribution in [0.15, 0.2) is 32.3 Å². The van der Waals surface area contributed by atoms with Crippen molar-refractivity contribution in [2.45, 2.75) is 27.6 Å². The lowest BCUT2D eigenvalue weighted by Gasteiger charge is -2.09. The zero-order valence-corrected chi connectivity index (χ0v) is 12.1. The second kappa shape index (κ2) is 5.86. The van der Waals surface area contributed by atoms with E-state index in [1.807, 2.05) is 6.92 Å². The summed E-state index contributed by atoms with van der Waals surface area (Å²) in [6.45, 7) is 2.46. The lowest BCUT2D eigenvalue weighted by Crippen LogP contribution is -2.00. The van der Waals surface area contributed by atoms with Crippen molar-refractivity contribution in [3.8, 4) is 0 Å². The van der Waals surface area contributed by atoms with Crippen molar-refractivity contribution in [2.24, 2.45) is 5.73 Å². The highest BCUT2D eigenvalue weighted by Crippen LogP contribution is 2.35. The Labute approximate surface area is 113 Å². The summed E-state index contributed by atoms with van der Waals surface area (Å²) in [6.07, 6.45) is 2.07. The molecule has 0 radical (unpaired) electrons. The molecule has 0 aliphatic heterocycles. The van der Waals surface area contributed by atoms with Crippen molar-refractivity contribution in [3.05, 3.63) is 29.6 Å². The number of aromatic nitrogens is 2. The van der Waals surface area contributed by atoms with Crippen molar-refractivity contribution in [1.82, 2.24) is 9.36 Å². The van der Waals surface area contributed by atoms with Gasteiger partial charge in [0, 0.05) is 16.3 Å². The molecule has 0 aliphatic carbocycles. The van der Waals surface area contributed by atoms with Gasteiger partial charge in [0.05, 0.1) is 0 Å². The fraction of sp³-hybridized carbons (Fsp3) is 0.273. The Morgan fingerprint density at radius 2 is 2.12 bits per heavy atom. The second-order valence-corrected chi connectivity index (χ2v) is 6.24. The quantitative estimate of drug-likeness (QED) is 0.873. The van der Waals surface area contributed by atoms with Crippen LogP contribution in [-0.4, -0.2) is 15.6 Å². The molecule has 1 aromatic carbocycles. The molecule has 17 heavy (non-hydrogen) atoms. The van der Waals surface area contributed by atoms with Gasteiger partial charge in [-0.2, -0.15) is 4.37 Å². The van der Waals surface area contributed by atoms with Crippen molar-refractivity contribution < 1.29 is 0 Å². The van der Waals surface area contributed by atoms with Crippen LogP contribution in [0.2, 0.25) is 0 Å². The third-order valence-electron chi connectivity index (χ3n) is 2.22. The van der Waals surface area contributed by atoms with Crippen LogP contribution in [0.4, 0.5) is 0 Å². The normalized spacial score (nSPS) is 10.8. The van der Waals surface area contributed by atoms with E-state index in [1.54, 1.807) is 23.5 Å². The molecule has 0 bridgehead atoms. The van der Waals surface area contributed by atoms with E-state index in [0.29, 0.717) is 6.54 Å². The van der Waals surface area contributed by atoms with Gasteiger partial charge < -0.3 is 5.73 Å². The van der Waals surface area contributed by atoms with Crippen molar-refractivity contribution in [1.29, 1.82) is 0 Å². The van der Waals surface area contributed by atoms with Crippen LogP contribution in [0, 0.1) is 6.92 Å². The molecule has 2 aromatic rings. The lowest BCUT2D eigenvalue weighted by molar-refractivity contribution is 0.979. The summed E-state index contributed by atoms with van der Waals surface area (Å²) in [6, 6.07) is 6.24. The first-order valence-electron chi connectivity index (χ1n) is 5.08. The molecule has 0 saturated carbocycles. The van der Waals surface area contributed by atoms with E-state index in [2.05, 4.69) is 33.8 Å². The molecule has 6 heteroatoms. The molecule has 3 nitrogen and oxygen atoms in total. The Kier molecular flexibility index (Phi) is 4.44. The van der Waals surface area contributed by atoms with Crippen molar-refractivity contribution in [2.75, 3.05) is 6.26 Å². The third-order valence-corrected chi connectivity index (χ3v) is 4.99. The van der Waals surface area contributed by atoms with Crippen LogP contribution < -0.4 is 5.73 Å². The van der Waals surface area contributed by atoms with E-state index >= 15 is 0 Å². The molecular weight excluding hydrogens is 270 g/mol. The van der Waals surface area contributed by atoms with E-state index in [9.17, 15) is 0 Å². The molecule has 0 atom stereocenters. The van der Waals surface area contributed by atoms with Crippen LogP contribution in [-0.2, 0) is 6.54 Å². The largest absolute Gasteiger partial charge is 0.326 e. The second-order valence-electron chi connectivity index (χ2n) is 3.35. The van der Waals surface area contributed by atoms with E-state index in [4.69, 9.17) is 5.73 Å². The van der Waals surface area contributed by atoms with Crippen LogP contribution in [0.25, 0.3) is 0 Å². The summed E-state index contributed by atoms with van der Waals surface area (Å²) in [4.78, 5) is 6.77. The first-order valence-corrected chi connectivity index (χ1v) is 7.90. The average Bonchev–Trinajstić information content (AvgIpc) is 2.74. The predicted octanol–water partition coefficient (Wildman–Crippen LogP) is 3.18. The van der Waals surface area contributed by atoms with E-state index < -0.39 is 0 Å². The van der Waals surface area contributed by atoms with Crippen LogP contribution >= 0.6 is 35.1 Å². The summed E-state index contributed by atoms with van der Waals surface area (Å²) >= 11 is 4.80. The molecular formula is C11H13N3S3. The highest BCUT2D eigenvalue weighted by Gasteiger charge is 2.10. The smallest absolute Gasteiger partial charge is 0.174 e. The minimum absolute atomic E-state index is 0.553. The van der Waals surface area contributed by atoms with Gasteiger partial charge in [-0.1, -0.05) is 17.8 Å². The number of nitrogens with two attached hydrogens (primary N) is 1. The standard InChI is InChI=1S/C11H13N3S3/c1-7-13-11(17-14-7)16-10-5-3-4-9(15-2)8(10)6-12/h3-5H,6,12H2,1-2H3. The van der Waals surface area contributed by atoms with Gasteiger partial charge in [-0.15, -0.1) is 11.8 Å². The van der Waals surface area contributed by atoms with Gasteiger partial charge in [0.2, 0.25) is 0 Å². The van der Waals surface area contributed by atoms with Gasteiger partial charge in [0.1, 0.15) is 5.82 Å². The number of hydrogen-bond acceptors (Lipinski definition) is 6. The number of hydrogen-bond donors (Lipinski definition) is 1. The van der Waals surface area contributed by atoms with Crippen molar-refractivity contribution in [3.63, 3.8) is 0 Å². The topological polar surface area (TPSA) is 51.8 Å². The highest BCUT2D eigenvalue weighted by molar-refractivity contribution is 8.01. The van der Waals surface area contributed by atoms with Gasteiger partial charge in [-0.05, 0) is 42.4 Å². The summed E-state index contributed by atoms with van der Waals surface area (Å²) < 4.78 is 5.15. The number of thioether (sulfide) groups is 1. The fourth-order valence-electron chi connectivity index (χ4n) is 1.45. The van der Waals surface area contributed by atoms with Gasteiger partial charge in [0.25, 0.3) is 0 Å². The van der Waals surface area contributed by atoms with Gasteiger partial charge in [-0.3, -0.25) is 0 Å². The molecule has 1 aromatic heterocycles. The summed E-state index contributed by atoms with van der Waals surface area (Å²) in [5.74, 6) is 0.827. The molecule has 2 N–H and O–H groups in total. The van der Waals surface area contributed by atoms with Crippen LogP contribution in [0.3, 0.4) is 0 Å². The average molecular weight is 283 g/mol. The summed E-state index contributed by atoms with van der Waals surface area (Å²) in [5.41, 5.74) is 7.02. The molecule has 2 rings (SSSR count). The molecule has 1 heterocycles. The Hall–Kier alpha value is -0.560. The summed E-state index contributed by atoms with van der Waals surface area (Å²) in [5, 5.41) is 0. The number of benzene rings is 1. The zero-order chi connectivity index (χ0) is 12.3. The SMILES string of the molecule is CSc1cccc(Sc2nc(C)ns2)c1CN. The maximum atomic E-state index is 5.83. The van der Waals surface area contributed by atoms with Gasteiger partial charge in [-0.25, -0.2) is 4.98 Å². The molecule has 0 aliphatic rings. The molecule has 0 amide bonds. The number of aryl methyl sites for hydroxylation is 1. The van der Waals surface area contributed by atoms with E-state index in [0.717, 1.165) is 10.2 Å². The third kappa shape index (κ3) is 3.01. The van der Waals surface area contributed by atoms with Crippen LogP contribution in [0.1, 0.15) is 11.4 Å². The number of rotatable bonds is 4. The molecule has 90 valence electrons. The zero-order valence-electron chi connectivity index (χ0n) is 9.64.